The third-order valence-corrected chi connectivity index (χ3v) is 4.21. The van der Waals surface area contributed by atoms with Gasteiger partial charge in [0, 0.05) is 6.04 Å². The van der Waals surface area contributed by atoms with Gasteiger partial charge in [-0.1, -0.05) is 44.5 Å². The number of carbonyl (C=O) groups is 2. The van der Waals surface area contributed by atoms with Crippen molar-refractivity contribution in [3.8, 4) is 0 Å². The molecule has 1 saturated carbocycles. The molecule has 0 saturated heterocycles. The van der Waals surface area contributed by atoms with E-state index in [0.29, 0.717) is 18.8 Å². The fourth-order valence-electron chi connectivity index (χ4n) is 3.14. The highest BCUT2D eigenvalue weighted by Gasteiger charge is 2.33. The monoisotopic (exact) mass is 303 g/mol. The van der Waals surface area contributed by atoms with E-state index in [2.05, 4.69) is 31.3 Å². The molecule has 2 rings (SSSR count). The van der Waals surface area contributed by atoms with Gasteiger partial charge in [-0.25, -0.2) is 0 Å². The largest absolute Gasteiger partial charge is 0.481 e. The van der Waals surface area contributed by atoms with Crippen molar-refractivity contribution in [3.63, 3.8) is 0 Å². The van der Waals surface area contributed by atoms with Crippen LogP contribution in [0.5, 0.6) is 0 Å². The molecule has 0 aromatic heterocycles. The minimum atomic E-state index is -0.805. The fourth-order valence-corrected chi connectivity index (χ4v) is 3.14. The molecule has 1 aromatic carbocycles. The van der Waals surface area contributed by atoms with Crippen molar-refractivity contribution in [1.82, 2.24) is 5.32 Å². The second-order valence-electron chi connectivity index (χ2n) is 6.64. The quantitative estimate of drug-likeness (QED) is 0.849. The predicted molar refractivity (Wildman–Crippen MR) is 85.6 cm³/mol. The van der Waals surface area contributed by atoms with Gasteiger partial charge in [0.25, 0.3) is 0 Å². The Morgan fingerprint density at radius 2 is 1.82 bits per heavy atom. The van der Waals surface area contributed by atoms with E-state index in [4.69, 9.17) is 5.11 Å². The van der Waals surface area contributed by atoms with Gasteiger partial charge in [0.15, 0.2) is 0 Å². The number of carbonyl (C=O) groups excluding carboxylic acids is 1. The highest BCUT2D eigenvalue weighted by atomic mass is 16.4. The summed E-state index contributed by atoms with van der Waals surface area (Å²) in [7, 11) is 0. The molecule has 1 aliphatic carbocycles. The number of hydrogen-bond acceptors (Lipinski definition) is 2. The van der Waals surface area contributed by atoms with E-state index < -0.39 is 11.9 Å². The number of benzene rings is 1. The zero-order chi connectivity index (χ0) is 16.1. The summed E-state index contributed by atoms with van der Waals surface area (Å²) in [6.45, 7) is 4.36. The SMILES string of the molecule is CC(C)Cc1ccc(CC(=O)N[C@@H]2CCC[C@@H]2C(=O)O)cc1. The zero-order valence-corrected chi connectivity index (χ0v) is 13.3. The Labute approximate surface area is 131 Å². The molecule has 0 spiro atoms. The van der Waals surface area contributed by atoms with Crippen LogP contribution in [0.15, 0.2) is 24.3 Å². The van der Waals surface area contributed by atoms with Crippen LogP contribution in [0.3, 0.4) is 0 Å². The highest BCUT2D eigenvalue weighted by Crippen LogP contribution is 2.25. The van der Waals surface area contributed by atoms with Gasteiger partial charge in [0.2, 0.25) is 5.91 Å². The highest BCUT2D eigenvalue weighted by molar-refractivity contribution is 5.80. The number of carboxylic acids is 1. The lowest BCUT2D eigenvalue weighted by Crippen LogP contribution is -2.40. The molecular weight excluding hydrogens is 278 g/mol. The molecule has 120 valence electrons. The summed E-state index contributed by atoms with van der Waals surface area (Å²) in [6, 6.07) is 7.89. The third kappa shape index (κ3) is 4.58. The van der Waals surface area contributed by atoms with Crippen LogP contribution in [0, 0.1) is 11.8 Å². The molecule has 0 bridgehead atoms. The van der Waals surface area contributed by atoms with Crippen LogP contribution in [0.4, 0.5) is 0 Å². The van der Waals surface area contributed by atoms with E-state index >= 15 is 0 Å². The predicted octanol–water partition coefficient (Wildman–Crippen LogP) is 2.80. The van der Waals surface area contributed by atoms with E-state index in [-0.39, 0.29) is 11.9 Å². The Morgan fingerprint density at radius 1 is 1.18 bits per heavy atom. The molecule has 4 nitrogen and oxygen atoms in total. The maximum absolute atomic E-state index is 12.1. The van der Waals surface area contributed by atoms with Crippen LogP contribution >= 0.6 is 0 Å². The van der Waals surface area contributed by atoms with Crippen molar-refractivity contribution in [2.45, 2.75) is 52.0 Å². The second kappa shape index (κ2) is 7.43. The van der Waals surface area contributed by atoms with Gasteiger partial charge in [-0.15, -0.1) is 0 Å². The Hall–Kier alpha value is -1.84. The van der Waals surface area contributed by atoms with E-state index in [1.165, 1.54) is 5.56 Å². The van der Waals surface area contributed by atoms with E-state index in [9.17, 15) is 9.59 Å². The number of rotatable bonds is 6. The molecule has 2 atom stereocenters. The van der Waals surface area contributed by atoms with Crippen molar-refractivity contribution >= 4 is 11.9 Å². The smallest absolute Gasteiger partial charge is 0.308 e. The summed E-state index contributed by atoms with van der Waals surface area (Å²) in [5.41, 5.74) is 2.25. The Bertz CT molecular complexity index is 522. The molecule has 0 aliphatic heterocycles. The first-order valence-corrected chi connectivity index (χ1v) is 8.05. The van der Waals surface area contributed by atoms with E-state index in [1.807, 2.05) is 12.1 Å². The number of hydrogen-bond donors (Lipinski definition) is 2. The first-order valence-electron chi connectivity index (χ1n) is 8.05. The molecule has 22 heavy (non-hydrogen) atoms. The summed E-state index contributed by atoms with van der Waals surface area (Å²) < 4.78 is 0. The first kappa shape index (κ1) is 16.5. The molecule has 0 heterocycles. The van der Waals surface area contributed by atoms with Crippen LogP contribution in [0.2, 0.25) is 0 Å². The average Bonchev–Trinajstić information content (AvgIpc) is 2.88. The van der Waals surface area contributed by atoms with Crippen LogP contribution in [-0.2, 0) is 22.4 Å². The zero-order valence-electron chi connectivity index (χ0n) is 13.3. The fraction of sp³-hybridized carbons (Fsp3) is 0.556. The van der Waals surface area contributed by atoms with Crippen molar-refractivity contribution < 1.29 is 14.7 Å². The lowest BCUT2D eigenvalue weighted by Gasteiger charge is -2.17. The molecule has 1 aromatic rings. The summed E-state index contributed by atoms with van der Waals surface area (Å²) >= 11 is 0. The lowest BCUT2D eigenvalue weighted by atomic mass is 10.0. The first-order chi connectivity index (χ1) is 10.5. The summed E-state index contributed by atoms with van der Waals surface area (Å²) in [4.78, 5) is 23.2. The van der Waals surface area contributed by atoms with Gasteiger partial charge >= 0.3 is 5.97 Å². The van der Waals surface area contributed by atoms with Gasteiger partial charge in [0.1, 0.15) is 0 Å². The third-order valence-electron chi connectivity index (χ3n) is 4.21. The minimum absolute atomic E-state index is 0.0882. The molecule has 1 aliphatic rings. The summed E-state index contributed by atoms with van der Waals surface area (Å²) in [5, 5.41) is 12.0. The Balaban J connectivity index is 1.88. The second-order valence-corrected chi connectivity index (χ2v) is 6.64. The van der Waals surface area contributed by atoms with E-state index in [1.54, 1.807) is 0 Å². The van der Waals surface area contributed by atoms with Gasteiger partial charge in [-0.05, 0) is 36.3 Å². The molecule has 1 fully saturated rings. The van der Waals surface area contributed by atoms with Crippen LogP contribution in [0.25, 0.3) is 0 Å². The number of carboxylic acid groups (broad SMARTS) is 1. The Kier molecular flexibility index (Phi) is 5.58. The Morgan fingerprint density at radius 3 is 2.41 bits per heavy atom. The minimum Gasteiger partial charge on any atom is -0.481 e. The maximum atomic E-state index is 12.1. The van der Waals surface area contributed by atoms with Gasteiger partial charge in [0.05, 0.1) is 12.3 Å². The van der Waals surface area contributed by atoms with Crippen molar-refractivity contribution in [2.75, 3.05) is 0 Å². The molecule has 2 N–H and O–H groups in total. The number of nitrogens with one attached hydrogen (secondary N) is 1. The normalized spacial score (nSPS) is 21.0. The molecule has 1 amide bonds. The van der Waals surface area contributed by atoms with E-state index in [0.717, 1.165) is 24.8 Å². The molecule has 0 unspecified atom stereocenters. The summed E-state index contributed by atoms with van der Waals surface area (Å²) in [6.07, 6.45) is 3.63. The van der Waals surface area contributed by atoms with Gasteiger partial charge in [-0.2, -0.15) is 0 Å². The van der Waals surface area contributed by atoms with Crippen LogP contribution < -0.4 is 5.32 Å². The topological polar surface area (TPSA) is 66.4 Å². The van der Waals surface area contributed by atoms with Crippen molar-refractivity contribution in [2.24, 2.45) is 11.8 Å². The summed E-state index contributed by atoms with van der Waals surface area (Å²) in [5.74, 6) is -0.711. The van der Waals surface area contributed by atoms with Crippen molar-refractivity contribution in [1.29, 1.82) is 0 Å². The molecule has 4 heteroatoms. The van der Waals surface area contributed by atoms with Crippen molar-refractivity contribution in [3.05, 3.63) is 35.4 Å². The standard InChI is InChI=1S/C18H25NO3/c1-12(2)10-13-6-8-14(9-7-13)11-17(20)19-16-5-3-4-15(16)18(21)22/h6-9,12,15-16H,3-5,10-11H2,1-2H3,(H,19,20)(H,21,22)/t15-,16+/m0/s1. The van der Waals surface area contributed by atoms with Gasteiger partial charge < -0.3 is 10.4 Å². The maximum Gasteiger partial charge on any atom is 0.308 e. The number of aliphatic carboxylic acids is 1. The lowest BCUT2D eigenvalue weighted by molar-refractivity contribution is -0.142. The molecular formula is C18H25NO3. The average molecular weight is 303 g/mol. The number of amides is 1. The van der Waals surface area contributed by atoms with Crippen LogP contribution in [0.1, 0.15) is 44.2 Å². The molecule has 0 radical (unpaired) electrons. The van der Waals surface area contributed by atoms with Gasteiger partial charge in [-0.3, -0.25) is 9.59 Å². The van der Waals surface area contributed by atoms with Crippen LogP contribution in [-0.4, -0.2) is 23.0 Å².